The Bertz CT molecular complexity index is 625. The van der Waals surface area contributed by atoms with E-state index < -0.39 is 0 Å². The van der Waals surface area contributed by atoms with E-state index in [9.17, 15) is 4.79 Å². The van der Waals surface area contributed by atoms with Crippen molar-refractivity contribution in [2.45, 2.75) is 25.8 Å². The number of aromatic nitrogens is 2. The maximum absolute atomic E-state index is 12.0. The summed E-state index contributed by atoms with van der Waals surface area (Å²) < 4.78 is 1.81. The van der Waals surface area contributed by atoms with E-state index >= 15 is 0 Å². The number of nitrogens with zero attached hydrogens (tertiary/aromatic N) is 2. The number of halogens is 1. The topological polar surface area (TPSA) is 41.0 Å². The maximum atomic E-state index is 12.0. The fourth-order valence-corrected chi connectivity index (χ4v) is 2.95. The van der Waals surface area contributed by atoms with Crippen molar-refractivity contribution in [3.63, 3.8) is 0 Å². The van der Waals surface area contributed by atoms with Crippen LogP contribution in [0.15, 0.2) is 23.0 Å². The van der Waals surface area contributed by atoms with Crippen LogP contribution in [0.4, 0.5) is 0 Å². The molecular weight excluding hydrogens is 262 g/mol. The highest BCUT2D eigenvalue weighted by atomic mass is 35.5. The predicted molar refractivity (Wildman–Crippen MR) is 77.9 cm³/mol. The monoisotopic (exact) mass is 279 g/mol. The summed E-state index contributed by atoms with van der Waals surface area (Å²) in [6.07, 6.45) is 3.89. The minimum Gasteiger partial charge on any atom is -0.305 e. The molecular formula is C14H18ClN3O. The van der Waals surface area contributed by atoms with Gasteiger partial charge in [-0.3, -0.25) is 4.57 Å². The predicted octanol–water partition coefficient (Wildman–Crippen LogP) is 2.47. The van der Waals surface area contributed by atoms with E-state index in [0.717, 1.165) is 37.2 Å². The summed E-state index contributed by atoms with van der Waals surface area (Å²) in [7, 11) is 0. The van der Waals surface area contributed by atoms with Gasteiger partial charge in [0.1, 0.15) is 0 Å². The van der Waals surface area contributed by atoms with Crippen molar-refractivity contribution in [2.24, 2.45) is 0 Å². The van der Waals surface area contributed by atoms with Crippen LogP contribution in [0.1, 0.15) is 19.3 Å². The van der Waals surface area contributed by atoms with E-state index in [0.29, 0.717) is 5.02 Å². The maximum Gasteiger partial charge on any atom is 0.326 e. The number of rotatable bonds is 3. The van der Waals surface area contributed by atoms with Gasteiger partial charge in [0.25, 0.3) is 0 Å². The zero-order valence-corrected chi connectivity index (χ0v) is 11.6. The molecule has 0 unspecified atom stereocenters. The molecule has 5 heteroatoms. The molecule has 0 aliphatic carbocycles. The zero-order valence-electron chi connectivity index (χ0n) is 10.9. The van der Waals surface area contributed by atoms with Gasteiger partial charge in [0, 0.05) is 18.1 Å². The third-order valence-corrected chi connectivity index (χ3v) is 4.06. The van der Waals surface area contributed by atoms with Crippen LogP contribution in [-0.4, -0.2) is 34.1 Å². The highest BCUT2D eigenvalue weighted by Gasteiger charge is 2.12. The Kier molecular flexibility index (Phi) is 3.62. The fraction of sp³-hybridized carbons (Fsp3) is 0.500. The van der Waals surface area contributed by atoms with Gasteiger partial charge in [-0.05, 0) is 44.1 Å². The van der Waals surface area contributed by atoms with E-state index in [1.165, 1.54) is 19.3 Å². The van der Waals surface area contributed by atoms with Gasteiger partial charge in [0.15, 0.2) is 0 Å². The van der Waals surface area contributed by atoms with Crippen LogP contribution in [-0.2, 0) is 6.54 Å². The van der Waals surface area contributed by atoms with Crippen molar-refractivity contribution >= 4 is 22.6 Å². The molecule has 0 spiro atoms. The van der Waals surface area contributed by atoms with Crippen molar-refractivity contribution in [1.29, 1.82) is 0 Å². The lowest BCUT2D eigenvalue weighted by Crippen LogP contribution is -2.34. The lowest BCUT2D eigenvalue weighted by molar-refractivity contribution is 0.221. The standard InChI is InChI=1S/C14H18ClN3O/c15-11-4-5-13-12(10-11)16-14(19)18(13)9-8-17-6-2-1-3-7-17/h4-5,10H,1-3,6-9H2,(H,16,19). The van der Waals surface area contributed by atoms with Gasteiger partial charge in [0.2, 0.25) is 0 Å². The molecule has 1 aromatic heterocycles. The zero-order chi connectivity index (χ0) is 13.2. The first-order chi connectivity index (χ1) is 9.24. The Morgan fingerprint density at radius 1 is 1.16 bits per heavy atom. The number of benzene rings is 1. The number of likely N-dealkylation sites (tertiary alicyclic amines) is 1. The minimum absolute atomic E-state index is 0.0470. The quantitative estimate of drug-likeness (QED) is 0.938. The second kappa shape index (κ2) is 5.39. The number of hydrogen-bond acceptors (Lipinski definition) is 2. The molecule has 0 saturated carbocycles. The van der Waals surface area contributed by atoms with E-state index in [1.54, 1.807) is 10.6 Å². The summed E-state index contributed by atoms with van der Waals surface area (Å²) in [5.41, 5.74) is 1.71. The molecule has 1 fully saturated rings. The van der Waals surface area contributed by atoms with E-state index in [4.69, 9.17) is 11.6 Å². The SMILES string of the molecule is O=c1[nH]c2cc(Cl)ccc2n1CCN1CCCCC1. The number of nitrogens with one attached hydrogen (secondary N) is 1. The van der Waals surface area contributed by atoms with E-state index in [-0.39, 0.29) is 5.69 Å². The fourth-order valence-electron chi connectivity index (χ4n) is 2.78. The minimum atomic E-state index is -0.0470. The van der Waals surface area contributed by atoms with E-state index in [2.05, 4.69) is 9.88 Å². The van der Waals surface area contributed by atoms with Gasteiger partial charge in [-0.1, -0.05) is 18.0 Å². The Hall–Kier alpha value is -1.26. The lowest BCUT2D eigenvalue weighted by Gasteiger charge is -2.26. The second-order valence-electron chi connectivity index (χ2n) is 5.15. The van der Waals surface area contributed by atoms with Gasteiger partial charge < -0.3 is 9.88 Å². The van der Waals surface area contributed by atoms with Crippen LogP contribution in [0.25, 0.3) is 11.0 Å². The Labute approximate surface area is 117 Å². The molecule has 2 aromatic rings. The first-order valence-electron chi connectivity index (χ1n) is 6.84. The second-order valence-corrected chi connectivity index (χ2v) is 5.58. The number of H-pyrrole nitrogens is 1. The smallest absolute Gasteiger partial charge is 0.305 e. The summed E-state index contributed by atoms with van der Waals surface area (Å²) in [4.78, 5) is 17.3. The van der Waals surface area contributed by atoms with Crippen molar-refractivity contribution < 1.29 is 0 Å². The Balaban J connectivity index is 1.80. The number of hydrogen-bond donors (Lipinski definition) is 1. The lowest BCUT2D eigenvalue weighted by atomic mass is 10.1. The van der Waals surface area contributed by atoms with Gasteiger partial charge in [-0.15, -0.1) is 0 Å². The summed E-state index contributed by atoms with van der Waals surface area (Å²) >= 11 is 5.94. The van der Waals surface area contributed by atoms with Gasteiger partial charge in [0.05, 0.1) is 11.0 Å². The average molecular weight is 280 g/mol. The van der Waals surface area contributed by atoms with Gasteiger partial charge in [-0.25, -0.2) is 4.79 Å². The number of imidazole rings is 1. The molecule has 0 bridgehead atoms. The van der Waals surface area contributed by atoms with Gasteiger partial charge in [-0.2, -0.15) is 0 Å². The van der Waals surface area contributed by atoms with Crippen LogP contribution < -0.4 is 5.69 Å². The molecule has 1 N–H and O–H groups in total. The molecule has 19 heavy (non-hydrogen) atoms. The molecule has 1 aliphatic heterocycles. The Morgan fingerprint density at radius 3 is 2.74 bits per heavy atom. The summed E-state index contributed by atoms with van der Waals surface area (Å²) in [5, 5.41) is 0.650. The van der Waals surface area contributed by atoms with Crippen LogP contribution in [0.5, 0.6) is 0 Å². The molecule has 102 valence electrons. The summed E-state index contributed by atoms with van der Waals surface area (Å²) in [6, 6.07) is 5.54. The molecule has 2 heterocycles. The molecule has 1 aliphatic rings. The van der Waals surface area contributed by atoms with E-state index in [1.807, 2.05) is 12.1 Å². The summed E-state index contributed by atoms with van der Waals surface area (Å²) in [6.45, 7) is 3.99. The molecule has 0 amide bonds. The molecule has 1 aromatic carbocycles. The highest BCUT2D eigenvalue weighted by molar-refractivity contribution is 6.31. The van der Waals surface area contributed by atoms with Gasteiger partial charge >= 0.3 is 5.69 Å². The van der Waals surface area contributed by atoms with Crippen molar-refractivity contribution in [3.8, 4) is 0 Å². The Morgan fingerprint density at radius 2 is 1.95 bits per heavy atom. The first-order valence-corrected chi connectivity index (χ1v) is 7.22. The molecule has 3 rings (SSSR count). The molecule has 0 radical (unpaired) electrons. The third-order valence-electron chi connectivity index (χ3n) is 3.82. The number of aromatic amines is 1. The average Bonchev–Trinajstić information content (AvgIpc) is 2.72. The van der Waals surface area contributed by atoms with Crippen LogP contribution in [0.2, 0.25) is 5.02 Å². The molecule has 1 saturated heterocycles. The third kappa shape index (κ3) is 2.69. The van der Waals surface area contributed by atoms with Crippen molar-refractivity contribution in [3.05, 3.63) is 33.7 Å². The van der Waals surface area contributed by atoms with Crippen molar-refractivity contribution in [1.82, 2.24) is 14.5 Å². The number of fused-ring (bicyclic) bond motifs is 1. The summed E-state index contributed by atoms with van der Waals surface area (Å²) in [5.74, 6) is 0. The van der Waals surface area contributed by atoms with Crippen molar-refractivity contribution in [2.75, 3.05) is 19.6 Å². The molecule has 0 atom stereocenters. The number of piperidine rings is 1. The van der Waals surface area contributed by atoms with Crippen LogP contribution in [0.3, 0.4) is 0 Å². The van der Waals surface area contributed by atoms with Crippen LogP contribution >= 0.6 is 11.6 Å². The van der Waals surface area contributed by atoms with Crippen LogP contribution in [0, 0.1) is 0 Å². The first kappa shape index (κ1) is 12.8. The highest BCUT2D eigenvalue weighted by Crippen LogP contribution is 2.16. The molecule has 4 nitrogen and oxygen atoms in total. The normalized spacial score (nSPS) is 17.1. The largest absolute Gasteiger partial charge is 0.326 e.